The summed E-state index contributed by atoms with van der Waals surface area (Å²) in [4.78, 5) is 27.4. The van der Waals surface area contributed by atoms with Crippen LogP contribution in [0.5, 0.6) is 0 Å². The summed E-state index contributed by atoms with van der Waals surface area (Å²) >= 11 is 0. The number of rotatable bonds is 5. The molecule has 0 aromatic carbocycles. The van der Waals surface area contributed by atoms with Gasteiger partial charge < -0.3 is 19.3 Å². The molecule has 0 radical (unpaired) electrons. The van der Waals surface area contributed by atoms with Crippen LogP contribution in [0.2, 0.25) is 0 Å². The number of nitrogens with zero attached hydrogens (tertiary/aromatic N) is 1. The van der Waals surface area contributed by atoms with Crippen molar-refractivity contribution in [3.8, 4) is 0 Å². The lowest BCUT2D eigenvalue weighted by molar-refractivity contribution is -0.275. The zero-order chi connectivity index (χ0) is 19.8. The molecule has 1 fully saturated rings. The standard InChI is InChI=1S/C20H25NO6/c1-12(27-13(2)22)16-9-15-7-14(8-17(15)21-16)5-6-20(18(23)24)10-25-19(3,4)26-11-20/h5-6,8-9,12,15H,7,10-11H2,1-4H3,(H,23,24)/b6-5+/t12-,15?/m1/s1. The van der Waals surface area contributed by atoms with Gasteiger partial charge in [0.1, 0.15) is 11.5 Å². The molecule has 2 atom stereocenters. The Kier molecular flexibility index (Phi) is 5.10. The van der Waals surface area contributed by atoms with Gasteiger partial charge in [0.25, 0.3) is 0 Å². The summed E-state index contributed by atoms with van der Waals surface area (Å²) in [6.07, 6.45) is 7.79. The van der Waals surface area contributed by atoms with E-state index >= 15 is 0 Å². The molecule has 0 aromatic rings. The van der Waals surface area contributed by atoms with Gasteiger partial charge in [-0.15, -0.1) is 0 Å². The normalized spacial score (nSPS) is 26.8. The summed E-state index contributed by atoms with van der Waals surface area (Å²) in [6, 6.07) is 0. The number of hydrogen-bond donors (Lipinski definition) is 1. The SMILES string of the molecule is CC(=O)O[C@H](C)C1=CC2CC(/C=C/C3(C(=O)O)COC(C)(C)OC3)=CC2=N1. The highest BCUT2D eigenvalue weighted by Gasteiger charge is 2.44. The number of aliphatic carboxylic acids is 1. The molecule has 1 aliphatic carbocycles. The molecule has 7 nitrogen and oxygen atoms in total. The number of hydrogen-bond acceptors (Lipinski definition) is 6. The third-order valence-electron chi connectivity index (χ3n) is 4.96. The maximum Gasteiger partial charge on any atom is 0.318 e. The van der Waals surface area contributed by atoms with E-state index in [4.69, 9.17) is 14.2 Å². The van der Waals surface area contributed by atoms with Crippen molar-refractivity contribution >= 4 is 17.7 Å². The van der Waals surface area contributed by atoms with Gasteiger partial charge in [0, 0.05) is 18.6 Å². The maximum atomic E-state index is 11.8. The minimum Gasteiger partial charge on any atom is -0.480 e. The average Bonchev–Trinajstić information content (AvgIpc) is 3.12. The third kappa shape index (κ3) is 4.20. The van der Waals surface area contributed by atoms with Crippen LogP contribution in [-0.2, 0) is 23.8 Å². The fraction of sp³-hybridized carbons (Fsp3) is 0.550. The predicted octanol–water partition coefficient (Wildman–Crippen LogP) is 2.63. The van der Waals surface area contributed by atoms with Gasteiger partial charge in [-0.3, -0.25) is 14.6 Å². The Morgan fingerprint density at radius 3 is 2.59 bits per heavy atom. The number of esters is 1. The van der Waals surface area contributed by atoms with Crippen LogP contribution < -0.4 is 0 Å². The van der Waals surface area contributed by atoms with Crippen LogP contribution in [0.1, 0.15) is 34.1 Å². The van der Waals surface area contributed by atoms with Gasteiger partial charge in [-0.1, -0.05) is 12.2 Å². The van der Waals surface area contributed by atoms with Crippen LogP contribution in [0, 0.1) is 11.3 Å². The first-order valence-corrected chi connectivity index (χ1v) is 8.99. The van der Waals surface area contributed by atoms with E-state index in [0.717, 1.165) is 23.4 Å². The fourth-order valence-electron chi connectivity index (χ4n) is 3.26. The van der Waals surface area contributed by atoms with Gasteiger partial charge in [0.15, 0.2) is 5.79 Å². The van der Waals surface area contributed by atoms with Crippen LogP contribution in [0.15, 0.2) is 40.6 Å². The molecule has 2 heterocycles. The molecule has 1 saturated heterocycles. The highest BCUT2D eigenvalue weighted by atomic mass is 16.7. The second kappa shape index (κ2) is 7.05. The first-order valence-electron chi connectivity index (χ1n) is 8.99. The van der Waals surface area contributed by atoms with Crippen molar-refractivity contribution in [1.82, 2.24) is 0 Å². The van der Waals surface area contributed by atoms with Crippen LogP contribution in [-0.4, -0.2) is 47.9 Å². The Bertz CT molecular complexity index is 763. The monoisotopic (exact) mass is 375 g/mol. The van der Waals surface area contributed by atoms with Gasteiger partial charge in [-0.25, -0.2) is 0 Å². The van der Waals surface area contributed by atoms with E-state index in [9.17, 15) is 14.7 Å². The molecule has 0 amide bonds. The Balaban J connectivity index is 1.69. The first-order chi connectivity index (χ1) is 12.6. The predicted molar refractivity (Wildman–Crippen MR) is 98.1 cm³/mol. The second-order valence-corrected chi connectivity index (χ2v) is 7.68. The smallest absolute Gasteiger partial charge is 0.318 e. The van der Waals surface area contributed by atoms with Gasteiger partial charge >= 0.3 is 11.9 Å². The number of carboxylic acid groups (broad SMARTS) is 1. The summed E-state index contributed by atoms with van der Waals surface area (Å²) in [6.45, 7) is 6.83. The summed E-state index contributed by atoms with van der Waals surface area (Å²) < 4.78 is 16.3. The Morgan fingerprint density at radius 2 is 2.04 bits per heavy atom. The molecule has 0 saturated carbocycles. The van der Waals surface area contributed by atoms with Crippen molar-refractivity contribution in [2.75, 3.05) is 13.2 Å². The molecule has 7 heteroatoms. The van der Waals surface area contributed by atoms with Crippen LogP contribution in [0.3, 0.4) is 0 Å². The molecular weight excluding hydrogens is 350 g/mol. The van der Waals surface area contributed by atoms with Crippen LogP contribution >= 0.6 is 0 Å². The van der Waals surface area contributed by atoms with E-state index in [1.54, 1.807) is 26.8 Å². The molecule has 27 heavy (non-hydrogen) atoms. The number of carbonyl (C=O) groups is 2. The molecule has 3 rings (SSSR count). The van der Waals surface area contributed by atoms with E-state index in [1.807, 2.05) is 18.2 Å². The summed E-state index contributed by atoms with van der Waals surface area (Å²) in [5.74, 6) is -1.94. The van der Waals surface area contributed by atoms with E-state index in [0.29, 0.717) is 0 Å². The molecule has 0 bridgehead atoms. The Morgan fingerprint density at radius 1 is 1.37 bits per heavy atom. The van der Waals surface area contributed by atoms with Crippen LogP contribution in [0.4, 0.5) is 0 Å². The van der Waals surface area contributed by atoms with E-state index < -0.39 is 17.2 Å². The minimum atomic E-state index is -1.19. The average molecular weight is 375 g/mol. The Hall–Kier alpha value is -2.25. The van der Waals surface area contributed by atoms with Gasteiger partial charge in [-0.2, -0.15) is 0 Å². The summed E-state index contributed by atoms with van der Waals surface area (Å²) in [5, 5.41) is 9.66. The zero-order valence-corrected chi connectivity index (χ0v) is 16.0. The molecular formula is C20H25NO6. The van der Waals surface area contributed by atoms with Gasteiger partial charge in [-0.05, 0) is 44.9 Å². The number of fused-ring (bicyclic) bond motifs is 1. The lowest BCUT2D eigenvalue weighted by Crippen LogP contribution is -2.49. The number of ether oxygens (including phenoxy) is 3. The van der Waals surface area contributed by atoms with Crippen LogP contribution in [0.25, 0.3) is 0 Å². The van der Waals surface area contributed by atoms with E-state index in [1.165, 1.54) is 6.92 Å². The van der Waals surface area contributed by atoms with Gasteiger partial charge in [0.05, 0.1) is 18.9 Å². The summed E-state index contributed by atoms with van der Waals surface area (Å²) in [7, 11) is 0. The lowest BCUT2D eigenvalue weighted by atomic mass is 9.87. The summed E-state index contributed by atoms with van der Waals surface area (Å²) in [5.41, 5.74) is 1.47. The minimum absolute atomic E-state index is 0.0629. The fourth-order valence-corrected chi connectivity index (χ4v) is 3.26. The van der Waals surface area contributed by atoms with Crippen molar-refractivity contribution < 1.29 is 28.9 Å². The molecule has 146 valence electrons. The van der Waals surface area contributed by atoms with Crippen molar-refractivity contribution in [1.29, 1.82) is 0 Å². The molecule has 0 aromatic heterocycles. The maximum absolute atomic E-state index is 11.8. The lowest BCUT2D eigenvalue weighted by Gasteiger charge is -2.39. The molecule has 3 aliphatic rings. The Labute approximate surface area is 158 Å². The second-order valence-electron chi connectivity index (χ2n) is 7.68. The van der Waals surface area contributed by atoms with Crippen molar-refractivity contribution in [3.63, 3.8) is 0 Å². The number of aliphatic imine (C=N–C) groups is 1. The quantitative estimate of drug-likeness (QED) is 0.743. The number of allylic oxidation sites excluding steroid dienone is 4. The highest BCUT2D eigenvalue weighted by Crippen LogP contribution is 2.35. The highest BCUT2D eigenvalue weighted by molar-refractivity contribution is 6.04. The number of carboxylic acids is 1. The first kappa shape index (κ1) is 19.5. The molecule has 0 spiro atoms. The third-order valence-corrected chi connectivity index (χ3v) is 4.96. The zero-order valence-electron chi connectivity index (χ0n) is 16.0. The van der Waals surface area contributed by atoms with Crippen molar-refractivity contribution in [2.24, 2.45) is 16.3 Å². The van der Waals surface area contributed by atoms with Crippen molar-refractivity contribution in [2.45, 2.75) is 46.0 Å². The largest absolute Gasteiger partial charge is 0.480 e. The van der Waals surface area contributed by atoms with E-state index in [2.05, 4.69) is 4.99 Å². The molecule has 2 aliphatic heterocycles. The van der Waals surface area contributed by atoms with Crippen molar-refractivity contribution in [3.05, 3.63) is 35.6 Å². The van der Waals surface area contributed by atoms with E-state index in [-0.39, 0.29) is 31.2 Å². The molecule has 1 unspecified atom stereocenters. The molecule has 1 N–H and O–H groups in total. The van der Waals surface area contributed by atoms with Gasteiger partial charge in [0.2, 0.25) is 0 Å². The number of carbonyl (C=O) groups excluding carboxylic acids is 1. The topological polar surface area (TPSA) is 94.4 Å².